The van der Waals surface area contributed by atoms with Crippen LogP contribution in [0.4, 0.5) is 0 Å². The van der Waals surface area contributed by atoms with E-state index in [1.54, 1.807) is 35.2 Å². The Morgan fingerprint density at radius 2 is 2.00 bits per heavy atom. The molecular formula is C16H16ClN3O2. The molecule has 0 atom stereocenters. The van der Waals surface area contributed by atoms with Crippen molar-refractivity contribution in [3.8, 4) is 0 Å². The van der Waals surface area contributed by atoms with E-state index in [9.17, 15) is 9.59 Å². The molecule has 114 valence electrons. The van der Waals surface area contributed by atoms with Crippen LogP contribution >= 0.6 is 11.6 Å². The minimum atomic E-state index is -0.110. The van der Waals surface area contributed by atoms with Crippen molar-refractivity contribution >= 4 is 17.5 Å². The number of carbonyl (C=O) groups is 1. The molecular weight excluding hydrogens is 302 g/mol. The molecule has 1 aliphatic rings. The molecule has 22 heavy (non-hydrogen) atoms. The van der Waals surface area contributed by atoms with Crippen LogP contribution in [0.15, 0.2) is 41.2 Å². The molecule has 0 N–H and O–H groups in total. The summed E-state index contributed by atoms with van der Waals surface area (Å²) in [5, 5.41) is 4.68. The number of aryl methyl sites for hydroxylation is 1. The zero-order valence-electron chi connectivity index (χ0n) is 12.2. The molecule has 0 unspecified atom stereocenters. The van der Waals surface area contributed by atoms with Crippen molar-refractivity contribution in [2.45, 2.75) is 13.5 Å². The lowest BCUT2D eigenvalue weighted by molar-refractivity contribution is 0.0458. The van der Waals surface area contributed by atoms with E-state index in [1.807, 2.05) is 6.92 Å². The zero-order chi connectivity index (χ0) is 15.7. The average molecular weight is 318 g/mol. The third-order valence-corrected chi connectivity index (χ3v) is 4.11. The molecule has 1 aromatic carbocycles. The first-order valence-corrected chi connectivity index (χ1v) is 7.51. The van der Waals surface area contributed by atoms with Gasteiger partial charge >= 0.3 is 0 Å². The van der Waals surface area contributed by atoms with Gasteiger partial charge in [0, 0.05) is 25.1 Å². The molecule has 1 saturated heterocycles. The number of aromatic nitrogens is 2. The van der Waals surface area contributed by atoms with Crippen molar-refractivity contribution < 1.29 is 4.79 Å². The second kappa shape index (κ2) is 5.93. The van der Waals surface area contributed by atoms with Crippen molar-refractivity contribution in [1.29, 1.82) is 0 Å². The van der Waals surface area contributed by atoms with E-state index >= 15 is 0 Å². The lowest BCUT2D eigenvalue weighted by atomic mass is 9.99. The van der Waals surface area contributed by atoms with Crippen LogP contribution in [-0.4, -0.2) is 33.7 Å². The summed E-state index contributed by atoms with van der Waals surface area (Å²) >= 11 is 6.05. The third-order valence-electron chi connectivity index (χ3n) is 3.78. The molecule has 1 fully saturated rings. The van der Waals surface area contributed by atoms with E-state index in [0.29, 0.717) is 30.2 Å². The van der Waals surface area contributed by atoms with Crippen LogP contribution in [-0.2, 0) is 6.54 Å². The molecule has 0 saturated carbocycles. The normalized spacial score (nSPS) is 14.7. The monoisotopic (exact) mass is 317 g/mol. The summed E-state index contributed by atoms with van der Waals surface area (Å²) in [7, 11) is 0. The molecule has 5 nitrogen and oxygen atoms in total. The smallest absolute Gasteiger partial charge is 0.266 e. The van der Waals surface area contributed by atoms with E-state index in [1.165, 1.54) is 10.7 Å². The Hall–Kier alpha value is -2.14. The number of halogens is 1. The highest BCUT2D eigenvalue weighted by atomic mass is 35.5. The Kier molecular flexibility index (Phi) is 3.98. The van der Waals surface area contributed by atoms with Gasteiger partial charge in [0.15, 0.2) is 0 Å². The van der Waals surface area contributed by atoms with Gasteiger partial charge in [-0.15, -0.1) is 0 Å². The highest BCUT2D eigenvalue weighted by molar-refractivity contribution is 6.33. The third kappa shape index (κ3) is 2.90. The lowest BCUT2D eigenvalue weighted by Crippen LogP contribution is -2.52. The fourth-order valence-electron chi connectivity index (χ4n) is 2.58. The number of hydrogen-bond donors (Lipinski definition) is 0. The molecule has 2 aromatic rings. The van der Waals surface area contributed by atoms with Crippen molar-refractivity contribution in [3.63, 3.8) is 0 Å². The number of likely N-dealkylation sites (tertiary alicyclic amines) is 1. The Morgan fingerprint density at radius 1 is 1.27 bits per heavy atom. The standard InChI is InChI=1S/C16H16ClN3O2/c1-11-6-7-15(21)20(18-11)10-12-8-19(9-12)16(22)13-4-2-3-5-14(13)17/h2-7,12H,8-10H2,1H3. The predicted molar refractivity (Wildman–Crippen MR) is 84.1 cm³/mol. The van der Waals surface area contributed by atoms with Gasteiger partial charge in [-0.1, -0.05) is 23.7 Å². The van der Waals surface area contributed by atoms with E-state index in [2.05, 4.69) is 5.10 Å². The number of carbonyl (C=O) groups excluding carboxylic acids is 1. The van der Waals surface area contributed by atoms with E-state index in [0.717, 1.165) is 5.69 Å². The molecule has 2 heterocycles. The maximum atomic E-state index is 12.3. The lowest BCUT2D eigenvalue weighted by Gasteiger charge is -2.39. The van der Waals surface area contributed by atoms with Gasteiger partial charge in [0.1, 0.15) is 0 Å². The Bertz CT molecular complexity index is 766. The Labute approximate surface area is 133 Å². The molecule has 3 rings (SSSR count). The van der Waals surface area contributed by atoms with Crippen molar-refractivity contribution in [3.05, 3.63) is 63.0 Å². The minimum Gasteiger partial charge on any atom is -0.338 e. The van der Waals surface area contributed by atoms with Gasteiger partial charge in [-0.05, 0) is 25.1 Å². The highest BCUT2D eigenvalue weighted by Crippen LogP contribution is 2.23. The number of amides is 1. The van der Waals surface area contributed by atoms with Crippen molar-refractivity contribution in [1.82, 2.24) is 14.7 Å². The summed E-state index contributed by atoms with van der Waals surface area (Å²) in [5.41, 5.74) is 1.22. The van der Waals surface area contributed by atoms with Crippen LogP contribution in [0.1, 0.15) is 16.1 Å². The fraction of sp³-hybridized carbons (Fsp3) is 0.312. The number of hydrogen-bond acceptors (Lipinski definition) is 3. The van der Waals surface area contributed by atoms with Crippen LogP contribution in [0.5, 0.6) is 0 Å². The van der Waals surface area contributed by atoms with E-state index < -0.39 is 0 Å². The summed E-state index contributed by atoms with van der Waals surface area (Å²) in [6.45, 7) is 3.62. The SMILES string of the molecule is Cc1ccc(=O)n(CC2CN(C(=O)c3ccccc3Cl)C2)n1. The highest BCUT2D eigenvalue weighted by Gasteiger charge is 2.32. The molecule has 0 radical (unpaired) electrons. The summed E-state index contributed by atoms with van der Waals surface area (Å²) in [6.07, 6.45) is 0. The first kappa shape index (κ1) is 14.8. The Balaban J connectivity index is 1.63. The van der Waals surface area contributed by atoms with Gasteiger partial charge in [-0.2, -0.15) is 5.10 Å². The van der Waals surface area contributed by atoms with Crippen LogP contribution in [0, 0.1) is 12.8 Å². The maximum Gasteiger partial charge on any atom is 0.266 e. The fourth-order valence-corrected chi connectivity index (χ4v) is 2.80. The first-order chi connectivity index (χ1) is 10.5. The molecule has 0 aliphatic carbocycles. The Morgan fingerprint density at radius 3 is 2.73 bits per heavy atom. The van der Waals surface area contributed by atoms with Crippen molar-refractivity contribution in [2.24, 2.45) is 5.92 Å². The predicted octanol–water partition coefficient (Wildman–Crippen LogP) is 1.98. The number of rotatable bonds is 3. The van der Waals surface area contributed by atoms with Gasteiger partial charge in [0.2, 0.25) is 0 Å². The molecule has 1 amide bonds. The van der Waals surface area contributed by atoms with Gasteiger partial charge in [0.25, 0.3) is 11.5 Å². The topological polar surface area (TPSA) is 55.2 Å². The second-order valence-corrected chi connectivity index (χ2v) is 5.96. The molecule has 1 aromatic heterocycles. The molecule has 6 heteroatoms. The van der Waals surface area contributed by atoms with Gasteiger partial charge in [-0.3, -0.25) is 9.59 Å². The quantitative estimate of drug-likeness (QED) is 0.870. The second-order valence-electron chi connectivity index (χ2n) is 5.55. The van der Waals surface area contributed by atoms with E-state index in [4.69, 9.17) is 11.6 Å². The largest absolute Gasteiger partial charge is 0.338 e. The van der Waals surface area contributed by atoms with Crippen molar-refractivity contribution in [2.75, 3.05) is 13.1 Å². The van der Waals surface area contributed by atoms with E-state index in [-0.39, 0.29) is 17.4 Å². The summed E-state index contributed by atoms with van der Waals surface area (Å²) in [6, 6.07) is 10.3. The molecule has 0 spiro atoms. The summed E-state index contributed by atoms with van der Waals surface area (Å²) in [4.78, 5) is 25.8. The minimum absolute atomic E-state index is 0.0635. The van der Waals surface area contributed by atoms with Crippen LogP contribution in [0.3, 0.4) is 0 Å². The number of nitrogens with zero attached hydrogens (tertiary/aromatic N) is 3. The maximum absolute atomic E-state index is 12.3. The zero-order valence-corrected chi connectivity index (χ0v) is 13.0. The first-order valence-electron chi connectivity index (χ1n) is 7.13. The van der Waals surface area contributed by atoms with Crippen LogP contribution in [0.25, 0.3) is 0 Å². The van der Waals surface area contributed by atoms with Crippen LogP contribution in [0.2, 0.25) is 5.02 Å². The molecule has 1 aliphatic heterocycles. The summed E-state index contributed by atoms with van der Waals surface area (Å²) < 4.78 is 1.47. The summed E-state index contributed by atoms with van der Waals surface area (Å²) in [5.74, 6) is 0.185. The van der Waals surface area contributed by atoms with Crippen LogP contribution < -0.4 is 5.56 Å². The number of benzene rings is 1. The van der Waals surface area contributed by atoms with Gasteiger partial charge in [-0.25, -0.2) is 4.68 Å². The van der Waals surface area contributed by atoms with Gasteiger partial charge < -0.3 is 4.90 Å². The van der Waals surface area contributed by atoms with Gasteiger partial charge in [0.05, 0.1) is 22.8 Å². The molecule has 0 bridgehead atoms. The average Bonchev–Trinajstić information content (AvgIpc) is 2.45.